The number of aliphatic carboxylic acids is 1. The Labute approximate surface area is 517 Å². The fourth-order valence-corrected chi connectivity index (χ4v) is 9.75. The Kier molecular flexibility index (Phi) is 38.2. The summed E-state index contributed by atoms with van der Waals surface area (Å²) >= 11 is 0. The summed E-state index contributed by atoms with van der Waals surface area (Å²) in [6.07, 6.45) is 18.0. The monoisotopic (exact) mass is 1220 g/mol. The number of esters is 2. The van der Waals surface area contributed by atoms with Gasteiger partial charge in [-0.25, -0.2) is 14.4 Å². The van der Waals surface area contributed by atoms with E-state index < -0.39 is 47.2 Å². The summed E-state index contributed by atoms with van der Waals surface area (Å²) in [7, 11) is 0. The predicted molar refractivity (Wildman–Crippen MR) is 332 cm³/mol. The lowest BCUT2D eigenvalue weighted by Crippen LogP contribution is -2.44. The van der Waals surface area contributed by atoms with E-state index in [1.54, 1.807) is 20.8 Å². The summed E-state index contributed by atoms with van der Waals surface area (Å²) < 4.78 is 38.3. The van der Waals surface area contributed by atoms with E-state index in [9.17, 15) is 43.5 Å². The largest absolute Gasteiger partial charge is 0.480 e. The topological polar surface area (TPSA) is 282 Å². The fourth-order valence-electron chi connectivity index (χ4n) is 9.75. The molecule has 2 aromatic rings. The highest BCUT2D eigenvalue weighted by molar-refractivity contribution is 5.86. The van der Waals surface area contributed by atoms with Crippen molar-refractivity contribution in [3.8, 4) is 11.1 Å². The van der Waals surface area contributed by atoms with Crippen molar-refractivity contribution in [2.24, 2.45) is 0 Å². The molecule has 0 radical (unpaired) electrons. The Bertz CT molecular complexity index is 2290. The van der Waals surface area contributed by atoms with Crippen molar-refractivity contribution < 1.29 is 76.6 Å². The van der Waals surface area contributed by atoms with Gasteiger partial charge >= 0.3 is 24.0 Å². The molecule has 0 bridgehead atoms. The van der Waals surface area contributed by atoms with Gasteiger partial charge < -0.3 is 64.8 Å². The quantitative estimate of drug-likeness (QED) is 0.0204. The molecule has 87 heavy (non-hydrogen) atoms. The van der Waals surface area contributed by atoms with Crippen LogP contribution in [-0.2, 0) is 66.7 Å². The number of hydrogen-bond donors (Lipinski definition) is 6. The average molecular weight is 1220 g/mol. The molecule has 0 spiro atoms. The third kappa shape index (κ3) is 36.7. The number of hydrogen-bond acceptors (Lipinski definition) is 15. The molecule has 0 aromatic heterocycles. The van der Waals surface area contributed by atoms with Crippen LogP contribution in [-0.4, -0.2) is 155 Å². The van der Waals surface area contributed by atoms with Gasteiger partial charge in [-0.15, -0.1) is 0 Å². The Morgan fingerprint density at radius 2 is 0.897 bits per heavy atom. The van der Waals surface area contributed by atoms with Gasteiger partial charge in [0.1, 0.15) is 43.1 Å². The van der Waals surface area contributed by atoms with Crippen molar-refractivity contribution in [3.63, 3.8) is 0 Å². The Morgan fingerprint density at radius 1 is 0.448 bits per heavy atom. The molecular weight excluding hydrogens is 1120 g/mol. The molecule has 2 atom stereocenters. The van der Waals surface area contributed by atoms with Crippen molar-refractivity contribution >= 4 is 47.6 Å². The Morgan fingerprint density at radius 3 is 1.39 bits per heavy atom. The van der Waals surface area contributed by atoms with E-state index in [-0.39, 0.29) is 75.2 Å². The highest BCUT2D eigenvalue weighted by atomic mass is 16.6. The predicted octanol–water partition coefficient (Wildman–Crippen LogP) is 9.53. The maximum Gasteiger partial charge on any atom is 0.407 e. The second-order valence-electron chi connectivity index (χ2n) is 24.2. The molecular formula is C66H105N5O16. The standard InChI is InChI=1S/C66H105N5O16/c1-65(2,3)86-61(76)35-20-18-16-14-12-10-8-7-9-11-13-15-17-19-34-58(73)70-56(63(79)87-66(4,5)6)36-37-57(72)67-39-27-41-81-43-45-83-46-44-82-42-28-40-69-60(75)49-84-48-59(74)68-38-26-25-33-55(62(77)78)71-64(80)85-47-54-52-31-23-21-29-50(52)51-30-22-24-32-53(51)54/h21-24,29-32,54-56H,7-20,25-28,33-49H2,1-6H3,(H,67,72)(H,68,74)(H,69,75)(H,70,73)(H,71,80)(H,77,78). The van der Waals surface area contributed by atoms with Crippen LogP contribution in [0.4, 0.5) is 4.79 Å². The maximum atomic E-state index is 13.0. The molecule has 0 aliphatic heterocycles. The van der Waals surface area contributed by atoms with E-state index in [0.29, 0.717) is 91.3 Å². The molecule has 0 saturated carbocycles. The zero-order chi connectivity index (χ0) is 63.6. The second kappa shape index (κ2) is 44.3. The Balaban J connectivity index is 1.08. The molecule has 1 aliphatic carbocycles. The highest BCUT2D eigenvalue weighted by Gasteiger charge is 2.31. The molecule has 0 fully saturated rings. The number of nitrogens with one attached hydrogen (secondary N) is 5. The fraction of sp³-hybridized carbons (Fsp3) is 0.697. The van der Waals surface area contributed by atoms with Gasteiger partial charge in [0, 0.05) is 58.0 Å². The summed E-state index contributed by atoms with van der Waals surface area (Å²) in [5, 5.41) is 23.2. The minimum Gasteiger partial charge on any atom is -0.480 e. The number of alkyl carbamates (subject to hydrolysis) is 1. The number of carbonyl (C=O) groups is 8. The van der Waals surface area contributed by atoms with Gasteiger partial charge in [0.15, 0.2) is 0 Å². The molecule has 5 amide bonds. The smallest absolute Gasteiger partial charge is 0.407 e. The molecule has 1 aliphatic rings. The van der Waals surface area contributed by atoms with Crippen LogP contribution in [0.5, 0.6) is 0 Å². The number of rotatable bonds is 49. The molecule has 6 N–H and O–H groups in total. The van der Waals surface area contributed by atoms with Crippen LogP contribution in [0.1, 0.15) is 206 Å². The van der Waals surface area contributed by atoms with Crippen LogP contribution >= 0.6 is 0 Å². The summed E-state index contributed by atoms with van der Waals surface area (Å²) in [5.41, 5.74) is 3.12. The summed E-state index contributed by atoms with van der Waals surface area (Å²) in [5.74, 6) is -3.25. The first-order chi connectivity index (χ1) is 41.7. The number of unbranched alkanes of at least 4 members (excludes halogenated alkanes) is 14. The van der Waals surface area contributed by atoms with Crippen LogP contribution < -0.4 is 26.6 Å². The van der Waals surface area contributed by atoms with Crippen LogP contribution in [0.25, 0.3) is 11.1 Å². The molecule has 2 unspecified atom stereocenters. The molecule has 2 aromatic carbocycles. The Hall–Kier alpha value is -6.16. The minimum absolute atomic E-state index is 0.0488. The first-order valence-corrected chi connectivity index (χ1v) is 31.9. The number of benzene rings is 2. The zero-order valence-electron chi connectivity index (χ0n) is 53.2. The van der Waals surface area contributed by atoms with Gasteiger partial charge in [-0.2, -0.15) is 0 Å². The van der Waals surface area contributed by atoms with Gasteiger partial charge in [-0.05, 0) is 115 Å². The van der Waals surface area contributed by atoms with Gasteiger partial charge in [-0.1, -0.05) is 126 Å². The maximum absolute atomic E-state index is 13.0. The van der Waals surface area contributed by atoms with Crippen LogP contribution in [0.2, 0.25) is 0 Å². The summed E-state index contributed by atoms with van der Waals surface area (Å²) in [6, 6.07) is 13.8. The van der Waals surface area contributed by atoms with Crippen LogP contribution in [0, 0.1) is 0 Å². The number of amides is 5. The van der Waals surface area contributed by atoms with Crippen LogP contribution in [0.15, 0.2) is 48.5 Å². The molecule has 21 heteroatoms. The van der Waals surface area contributed by atoms with Gasteiger partial charge in [0.2, 0.25) is 23.6 Å². The van der Waals surface area contributed by atoms with Crippen molar-refractivity contribution in [2.45, 2.75) is 218 Å². The SMILES string of the molecule is CC(C)(C)OC(=O)CCCCCCCCCCCCCCCCC(=O)NC(CCC(=O)NCCCOCCOCCOCCCNC(=O)COCC(=O)NCCCCC(NC(=O)OCC1c2ccccc2-c2ccccc21)C(=O)O)C(=O)OC(C)(C)C. The van der Waals surface area contributed by atoms with E-state index in [4.69, 9.17) is 33.2 Å². The van der Waals surface area contributed by atoms with Gasteiger partial charge in [-0.3, -0.25) is 24.0 Å². The van der Waals surface area contributed by atoms with E-state index in [1.807, 2.05) is 69.3 Å². The second-order valence-corrected chi connectivity index (χ2v) is 24.2. The van der Waals surface area contributed by atoms with E-state index in [2.05, 4.69) is 26.6 Å². The number of ether oxygens (including phenoxy) is 7. The van der Waals surface area contributed by atoms with Gasteiger partial charge in [0.05, 0.1) is 26.4 Å². The van der Waals surface area contributed by atoms with Crippen molar-refractivity contribution in [1.29, 1.82) is 0 Å². The van der Waals surface area contributed by atoms with Crippen molar-refractivity contribution in [2.75, 3.05) is 79.1 Å². The normalized spacial score (nSPS) is 12.7. The van der Waals surface area contributed by atoms with E-state index >= 15 is 0 Å². The highest BCUT2D eigenvalue weighted by Crippen LogP contribution is 2.44. The zero-order valence-corrected chi connectivity index (χ0v) is 53.2. The number of carboxylic acids is 1. The lowest BCUT2D eigenvalue weighted by molar-refractivity contribution is -0.159. The van der Waals surface area contributed by atoms with E-state index in [0.717, 1.165) is 67.2 Å². The summed E-state index contributed by atoms with van der Waals surface area (Å²) in [4.78, 5) is 99.2. The lowest BCUT2D eigenvalue weighted by Gasteiger charge is -2.24. The third-order valence-electron chi connectivity index (χ3n) is 14.1. The molecule has 490 valence electrons. The van der Waals surface area contributed by atoms with Gasteiger partial charge in [0.25, 0.3) is 0 Å². The minimum atomic E-state index is -1.19. The molecule has 21 nitrogen and oxygen atoms in total. The lowest BCUT2D eigenvalue weighted by atomic mass is 9.98. The summed E-state index contributed by atoms with van der Waals surface area (Å²) in [6.45, 7) is 13.7. The first kappa shape index (κ1) is 75.1. The molecule has 3 rings (SSSR count). The number of fused-ring (bicyclic) bond motifs is 3. The molecule has 0 saturated heterocycles. The van der Waals surface area contributed by atoms with E-state index in [1.165, 1.54) is 44.9 Å². The first-order valence-electron chi connectivity index (χ1n) is 31.9. The third-order valence-corrected chi connectivity index (χ3v) is 14.1. The average Bonchev–Trinajstić information content (AvgIpc) is 1.64. The van der Waals surface area contributed by atoms with Crippen molar-refractivity contribution in [1.82, 2.24) is 26.6 Å². The number of carboxylic acid groups (broad SMARTS) is 1. The molecule has 0 heterocycles. The van der Waals surface area contributed by atoms with Crippen molar-refractivity contribution in [3.05, 3.63) is 59.7 Å². The number of carbonyl (C=O) groups excluding carboxylic acids is 7. The van der Waals surface area contributed by atoms with Crippen LogP contribution in [0.3, 0.4) is 0 Å².